The maximum atomic E-state index is 6.23. The Kier molecular flexibility index (Phi) is 5.58. The van der Waals surface area contributed by atoms with Gasteiger partial charge in [-0.1, -0.05) is 28.1 Å². The first kappa shape index (κ1) is 14.7. The molecule has 1 aromatic heterocycles. The number of benzene rings is 1. The van der Waals surface area contributed by atoms with Crippen molar-refractivity contribution < 1.29 is 0 Å². The molecule has 0 fully saturated rings. The number of hydrogen-bond acceptors (Lipinski definition) is 3. The third-order valence-corrected chi connectivity index (χ3v) is 4.41. The van der Waals surface area contributed by atoms with Crippen molar-refractivity contribution >= 4 is 27.3 Å². The van der Waals surface area contributed by atoms with Gasteiger partial charge in [0.2, 0.25) is 0 Å². The van der Waals surface area contributed by atoms with Gasteiger partial charge in [0.25, 0.3) is 0 Å². The van der Waals surface area contributed by atoms with Gasteiger partial charge in [-0.05, 0) is 60.1 Å². The molecule has 1 heterocycles. The first-order chi connectivity index (χ1) is 9.15. The van der Waals surface area contributed by atoms with E-state index in [1.165, 1.54) is 11.1 Å². The molecule has 4 heteroatoms. The summed E-state index contributed by atoms with van der Waals surface area (Å²) < 4.78 is 1.10. The van der Waals surface area contributed by atoms with Crippen LogP contribution in [0.5, 0.6) is 0 Å². The molecule has 0 spiro atoms. The van der Waals surface area contributed by atoms with Crippen LogP contribution in [0.4, 0.5) is 0 Å². The summed E-state index contributed by atoms with van der Waals surface area (Å²) in [5.41, 5.74) is 8.81. The predicted octanol–water partition coefficient (Wildman–Crippen LogP) is 4.03. The number of nitrogens with zero attached hydrogens (tertiary/aromatic N) is 1. The van der Waals surface area contributed by atoms with Crippen LogP contribution in [-0.2, 0) is 6.54 Å². The van der Waals surface area contributed by atoms with E-state index >= 15 is 0 Å². The Balaban J connectivity index is 1.79. The van der Waals surface area contributed by atoms with Crippen molar-refractivity contribution in [2.45, 2.75) is 19.0 Å². The second-order valence-corrected chi connectivity index (χ2v) is 6.51. The molecular weight excluding hydrogens is 320 g/mol. The summed E-state index contributed by atoms with van der Waals surface area (Å²) in [5.74, 6) is 0. The standard InChI is InChI=1S/C15H19BrN2S/c1-18(10-12-7-9-19-11-12)8-6-15(17)13-2-4-14(16)5-3-13/h2-5,7,9,11,15H,6,8,10,17H2,1H3. The summed E-state index contributed by atoms with van der Waals surface area (Å²) >= 11 is 5.19. The Morgan fingerprint density at radius 3 is 2.63 bits per heavy atom. The Labute approximate surface area is 127 Å². The van der Waals surface area contributed by atoms with E-state index in [0.29, 0.717) is 0 Å². The summed E-state index contributed by atoms with van der Waals surface area (Å²) in [7, 11) is 2.14. The van der Waals surface area contributed by atoms with Crippen molar-refractivity contribution in [2.75, 3.05) is 13.6 Å². The van der Waals surface area contributed by atoms with E-state index in [1.54, 1.807) is 11.3 Å². The minimum absolute atomic E-state index is 0.109. The van der Waals surface area contributed by atoms with Gasteiger partial charge in [0.1, 0.15) is 0 Å². The van der Waals surface area contributed by atoms with Crippen LogP contribution >= 0.6 is 27.3 Å². The molecule has 2 rings (SSSR count). The van der Waals surface area contributed by atoms with Gasteiger partial charge in [-0.2, -0.15) is 11.3 Å². The van der Waals surface area contributed by atoms with Crippen LogP contribution in [0.2, 0.25) is 0 Å². The van der Waals surface area contributed by atoms with Crippen LogP contribution in [0.15, 0.2) is 45.6 Å². The van der Waals surface area contributed by atoms with Crippen molar-refractivity contribution in [2.24, 2.45) is 5.73 Å². The minimum atomic E-state index is 0.109. The summed E-state index contributed by atoms with van der Waals surface area (Å²) in [4.78, 5) is 2.32. The van der Waals surface area contributed by atoms with E-state index in [4.69, 9.17) is 5.73 Å². The zero-order valence-corrected chi connectivity index (χ0v) is 13.5. The van der Waals surface area contributed by atoms with E-state index in [9.17, 15) is 0 Å². The SMILES string of the molecule is CN(CCC(N)c1ccc(Br)cc1)Cc1ccsc1. The van der Waals surface area contributed by atoms with Gasteiger partial charge in [0, 0.05) is 17.1 Å². The molecule has 0 amide bonds. The molecule has 19 heavy (non-hydrogen) atoms. The van der Waals surface area contributed by atoms with Crippen LogP contribution in [0, 0.1) is 0 Å². The van der Waals surface area contributed by atoms with Gasteiger partial charge < -0.3 is 10.6 Å². The minimum Gasteiger partial charge on any atom is -0.324 e. The van der Waals surface area contributed by atoms with E-state index in [2.05, 4.69) is 56.8 Å². The molecule has 2 aromatic rings. The first-order valence-corrected chi connectivity index (χ1v) is 8.09. The highest BCUT2D eigenvalue weighted by atomic mass is 79.9. The maximum absolute atomic E-state index is 6.23. The lowest BCUT2D eigenvalue weighted by Gasteiger charge is -2.19. The van der Waals surface area contributed by atoms with Crippen molar-refractivity contribution in [1.82, 2.24) is 4.90 Å². The molecule has 102 valence electrons. The average Bonchev–Trinajstić information content (AvgIpc) is 2.89. The number of nitrogens with two attached hydrogens (primary N) is 1. The van der Waals surface area contributed by atoms with Crippen molar-refractivity contribution in [1.29, 1.82) is 0 Å². The number of halogens is 1. The molecule has 0 saturated carbocycles. The van der Waals surface area contributed by atoms with Crippen LogP contribution in [0.25, 0.3) is 0 Å². The molecule has 0 aliphatic heterocycles. The zero-order valence-electron chi connectivity index (χ0n) is 11.1. The van der Waals surface area contributed by atoms with E-state index in [1.807, 2.05) is 12.1 Å². The topological polar surface area (TPSA) is 29.3 Å². The third kappa shape index (κ3) is 4.73. The second-order valence-electron chi connectivity index (χ2n) is 4.82. The fraction of sp³-hybridized carbons (Fsp3) is 0.333. The zero-order chi connectivity index (χ0) is 13.7. The highest BCUT2D eigenvalue weighted by Crippen LogP contribution is 2.18. The van der Waals surface area contributed by atoms with Crippen LogP contribution in [0.1, 0.15) is 23.6 Å². The summed E-state index contributed by atoms with van der Waals surface area (Å²) in [6.07, 6.45) is 0.974. The lowest BCUT2D eigenvalue weighted by Crippen LogP contribution is -2.23. The average molecular weight is 339 g/mol. The molecular formula is C15H19BrN2S. The first-order valence-electron chi connectivity index (χ1n) is 6.36. The van der Waals surface area contributed by atoms with Crippen LogP contribution in [0.3, 0.4) is 0 Å². The molecule has 2 N–H and O–H groups in total. The van der Waals surface area contributed by atoms with Gasteiger partial charge in [-0.25, -0.2) is 0 Å². The van der Waals surface area contributed by atoms with Crippen molar-refractivity contribution in [3.63, 3.8) is 0 Å². The number of thiophene rings is 1. The molecule has 1 unspecified atom stereocenters. The maximum Gasteiger partial charge on any atom is 0.0307 e. The van der Waals surface area contributed by atoms with Crippen LogP contribution in [-0.4, -0.2) is 18.5 Å². The number of rotatable bonds is 6. The van der Waals surface area contributed by atoms with Gasteiger partial charge in [-0.15, -0.1) is 0 Å². The summed E-state index contributed by atoms with van der Waals surface area (Å²) in [6, 6.07) is 10.6. The molecule has 0 bridgehead atoms. The quantitative estimate of drug-likeness (QED) is 0.861. The monoisotopic (exact) mass is 338 g/mol. The normalized spacial score (nSPS) is 12.8. The molecule has 0 aliphatic rings. The van der Waals surface area contributed by atoms with Gasteiger partial charge in [0.05, 0.1) is 0 Å². The second kappa shape index (κ2) is 7.20. The van der Waals surface area contributed by atoms with Gasteiger partial charge >= 0.3 is 0 Å². The summed E-state index contributed by atoms with van der Waals surface area (Å²) in [5, 5.41) is 4.32. The highest BCUT2D eigenvalue weighted by Gasteiger charge is 2.08. The van der Waals surface area contributed by atoms with Gasteiger partial charge in [0.15, 0.2) is 0 Å². The van der Waals surface area contributed by atoms with Gasteiger partial charge in [-0.3, -0.25) is 0 Å². The Bertz CT molecular complexity index is 481. The molecule has 1 atom stereocenters. The predicted molar refractivity (Wildman–Crippen MR) is 86.3 cm³/mol. The lowest BCUT2D eigenvalue weighted by atomic mass is 10.0. The van der Waals surface area contributed by atoms with E-state index < -0.39 is 0 Å². The Morgan fingerprint density at radius 2 is 2.00 bits per heavy atom. The third-order valence-electron chi connectivity index (χ3n) is 3.15. The molecule has 1 aromatic carbocycles. The van der Waals surface area contributed by atoms with E-state index in [0.717, 1.165) is 24.0 Å². The van der Waals surface area contributed by atoms with Crippen LogP contribution < -0.4 is 5.73 Å². The molecule has 0 aliphatic carbocycles. The molecule has 0 saturated heterocycles. The molecule has 2 nitrogen and oxygen atoms in total. The smallest absolute Gasteiger partial charge is 0.0307 e. The Hall–Kier alpha value is -0.680. The summed E-state index contributed by atoms with van der Waals surface area (Å²) in [6.45, 7) is 2.00. The number of hydrogen-bond donors (Lipinski definition) is 1. The van der Waals surface area contributed by atoms with Crippen molar-refractivity contribution in [3.8, 4) is 0 Å². The largest absolute Gasteiger partial charge is 0.324 e. The fourth-order valence-corrected chi connectivity index (χ4v) is 2.93. The van der Waals surface area contributed by atoms with E-state index in [-0.39, 0.29) is 6.04 Å². The Morgan fingerprint density at radius 1 is 1.26 bits per heavy atom. The fourth-order valence-electron chi connectivity index (χ4n) is 2.01. The van der Waals surface area contributed by atoms with Crippen molar-refractivity contribution in [3.05, 3.63) is 56.7 Å². The highest BCUT2D eigenvalue weighted by molar-refractivity contribution is 9.10. The molecule has 0 radical (unpaired) electrons. The lowest BCUT2D eigenvalue weighted by molar-refractivity contribution is 0.312.